The number of rotatable bonds is 5. The molecule has 0 aliphatic carbocycles. The summed E-state index contributed by atoms with van der Waals surface area (Å²) in [6, 6.07) is 17.1. The Labute approximate surface area is 166 Å². The van der Waals surface area contributed by atoms with Gasteiger partial charge in [-0.25, -0.2) is 9.97 Å². The molecule has 28 heavy (non-hydrogen) atoms. The Morgan fingerprint density at radius 3 is 2.68 bits per heavy atom. The van der Waals surface area contributed by atoms with Gasteiger partial charge >= 0.3 is 6.01 Å². The second-order valence-corrected chi connectivity index (χ2v) is 6.75. The fourth-order valence-corrected chi connectivity index (χ4v) is 3.11. The normalized spacial score (nSPS) is 10.9. The molecule has 0 spiro atoms. The molecule has 0 bridgehead atoms. The van der Waals surface area contributed by atoms with Crippen LogP contribution in [0.1, 0.15) is 11.3 Å². The predicted octanol–water partition coefficient (Wildman–Crippen LogP) is 4.18. The first-order chi connectivity index (χ1) is 13.6. The maximum Gasteiger partial charge on any atom is 0.324 e. The fraction of sp³-hybridized carbons (Fsp3) is 0.143. The van der Waals surface area contributed by atoms with Crippen molar-refractivity contribution >= 4 is 22.8 Å². The standard InChI is InChI=1S/C21H17ClN4O2/c1-14-20(27)26(11-10-15-6-3-2-4-7-15)19-18(24-14)13-23-21(25-19)28-17-9-5-8-16(22)12-17/h2-9,12-13H,10-11H2,1H3. The number of nitrogens with zero attached hydrogens (tertiary/aromatic N) is 4. The molecule has 0 saturated heterocycles. The van der Waals surface area contributed by atoms with Gasteiger partial charge < -0.3 is 4.74 Å². The SMILES string of the molecule is Cc1nc2cnc(Oc3cccc(Cl)c3)nc2n(CCc2ccccc2)c1=O. The number of hydrogen-bond acceptors (Lipinski definition) is 5. The molecule has 0 unspecified atom stereocenters. The molecule has 4 aromatic rings. The maximum atomic E-state index is 12.7. The summed E-state index contributed by atoms with van der Waals surface area (Å²) in [6.45, 7) is 2.17. The number of hydrogen-bond donors (Lipinski definition) is 0. The van der Waals surface area contributed by atoms with E-state index in [0.717, 1.165) is 5.56 Å². The molecule has 2 heterocycles. The van der Waals surface area contributed by atoms with Crippen molar-refractivity contribution in [1.29, 1.82) is 0 Å². The van der Waals surface area contributed by atoms with Crippen molar-refractivity contribution < 1.29 is 4.74 Å². The van der Waals surface area contributed by atoms with Gasteiger partial charge in [-0.15, -0.1) is 0 Å². The van der Waals surface area contributed by atoms with Gasteiger partial charge in [-0.1, -0.05) is 48.0 Å². The average Bonchev–Trinajstić information content (AvgIpc) is 2.70. The van der Waals surface area contributed by atoms with E-state index in [1.807, 2.05) is 30.3 Å². The minimum Gasteiger partial charge on any atom is -0.424 e. The number of benzene rings is 2. The van der Waals surface area contributed by atoms with E-state index in [1.54, 1.807) is 42.0 Å². The molecule has 7 heteroatoms. The zero-order valence-corrected chi connectivity index (χ0v) is 15.9. The first kappa shape index (κ1) is 18.1. The molecule has 0 aliphatic rings. The van der Waals surface area contributed by atoms with Gasteiger partial charge in [0.15, 0.2) is 5.65 Å². The van der Waals surface area contributed by atoms with Crippen LogP contribution in [-0.2, 0) is 13.0 Å². The highest BCUT2D eigenvalue weighted by atomic mass is 35.5. The van der Waals surface area contributed by atoms with Gasteiger partial charge in [0.05, 0.1) is 6.20 Å². The first-order valence-electron chi connectivity index (χ1n) is 8.82. The van der Waals surface area contributed by atoms with Gasteiger partial charge in [0.25, 0.3) is 5.56 Å². The van der Waals surface area contributed by atoms with Crippen molar-refractivity contribution in [3.8, 4) is 11.8 Å². The van der Waals surface area contributed by atoms with Crippen LogP contribution in [-0.4, -0.2) is 19.5 Å². The lowest BCUT2D eigenvalue weighted by atomic mass is 10.1. The summed E-state index contributed by atoms with van der Waals surface area (Å²) in [7, 11) is 0. The van der Waals surface area contributed by atoms with Crippen LogP contribution >= 0.6 is 11.6 Å². The van der Waals surface area contributed by atoms with E-state index in [2.05, 4.69) is 15.0 Å². The number of aryl methyl sites for hydroxylation is 3. The molecule has 0 fully saturated rings. The summed E-state index contributed by atoms with van der Waals surface area (Å²) in [5.41, 5.74) is 2.37. The zero-order chi connectivity index (χ0) is 19.5. The van der Waals surface area contributed by atoms with Crippen LogP contribution in [0.15, 0.2) is 65.6 Å². The second kappa shape index (κ2) is 7.78. The van der Waals surface area contributed by atoms with E-state index >= 15 is 0 Å². The third-order valence-electron chi connectivity index (χ3n) is 4.30. The van der Waals surface area contributed by atoms with Crippen LogP contribution < -0.4 is 10.3 Å². The summed E-state index contributed by atoms with van der Waals surface area (Å²) in [5, 5.41) is 0.551. The number of fused-ring (bicyclic) bond motifs is 1. The van der Waals surface area contributed by atoms with Crippen LogP contribution in [0, 0.1) is 6.92 Å². The fourth-order valence-electron chi connectivity index (χ4n) is 2.93. The summed E-state index contributed by atoms with van der Waals surface area (Å²) < 4.78 is 7.33. The van der Waals surface area contributed by atoms with Crippen molar-refractivity contribution in [1.82, 2.24) is 19.5 Å². The number of ether oxygens (including phenoxy) is 1. The predicted molar refractivity (Wildman–Crippen MR) is 108 cm³/mol. The summed E-state index contributed by atoms with van der Waals surface area (Å²) in [5.74, 6) is 0.519. The summed E-state index contributed by atoms with van der Waals surface area (Å²) in [4.78, 5) is 25.7. The van der Waals surface area contributed by atoms with Crippen LogP contribution in [0.5, 0.6) is 11.8 Å². The lowest BCUT2D eigenvalue weighted by molar-refractivity contribution is 0.442. The van der Waals surface area contributed by atoms with Gasteiger partial charge in [-0.2, -0.15) is 4.98 Å². The Hall–Kier alpha value is -3.25. The molecular formula is C21H17ClN4O2. The van der Waals surface area contributed by atoms with Crippen LogP contribution in [0.4, 0.5) is 0 Å². The second-order valence-electron chi connectivity index (χ2n) is 6.31. The smallest absolute Gasteiger partial charge is 0.324 e. The Bertz CT molecular complexity index is 1190. The highest BCUT2D eigenvalue weighted by Crippen LogP contribution is 2.22. The largest absolute Gasteiger partial charge is 0.424 e. The first-order valence-corrected chi connectivity index (χ1v) is 9.19. The average molecular weight is 393 g/mol. The van der Waals surface area contributed by atoms with E-state index < -0.39 is 0 Å². The third-order valence-corrected chi connectivity index (χ3v) is 4.53. The molecule has 0 atom stereocenters. The van der Waals surface area contributed by atoms with Crippen molar-refractivity contribution in [2.24, 2.45) is 0 Å². The van der Waals surface area contributed by atoms with Crippen LogP contribution in [0.25, 0.3) is 11.2 Å². The van der Waals surface area contributed by atoms with Gasteiger partial charge in [-0.05, 0) is 37.1 Å². The molecule has 2 aromatic carbocycles. The summed E-state index contributed by atoms with van der Waals surface area (Å²) >= 11 is 5.99. The van der Waals surface area contributed by atoms with E-state index in [-0.39, 0.29) is 11.6 Å². The lowest BCUT2D eigenvalue weighted by Gasteiger charge is -2.11. The van der Waals surface area contributed by atoms with Crippen molar-refractivity contribution in [3.63, 3.8) is 0 Å². The van der Waals surface area contributed by atoms with Crippen LogP contribution in [0.2, 0.25) is 5.02 Å². The number of aromatic nitrogens is 4. The Morgan fingerprint density at radius 2 is 1.89 bits per heavy atom. The molecule has 0 amide bonds. The van der Waals surface area contributed by atoms with E-state index in [9.17, 15) is 4.79 Å². The van der Waals surface area contributed by atoms with E-state index in [4.69, 9.17) is 16.3 Å². The highest BCUT2D eigenvalue weighted by Gasteiger charge is 2.12. The minimum atomic E-state index is -0.171. The maximum absolute atomic E-state index is 12.7. The van der Waals surface area contributed by atoms with E-state index in [1.165, 1.54) is 0 Å². The third kappa shape index (κ3) is 3.87. The topological polar surface area (TPSA) is 69.9 Å². The Morgan fingerprint density at radius 1 is 1.07 bits per heavy atom. The quantitative estimate of drug-likeness (QED) is 0.509. The summed E-state index contributed by atoms with van der Waals surface area (Å²) in [6.07, 6.45) is 2.27. The van der Waals surface area contributed by atoms with Gasteiger partial charge in [0.1, 0.15) is 17.0 Å². The van der Waals surface area contributed by atoms with E-state index in [0.29, 0.717) is 40.6 Å². The Kier molecular flexibility index (Phi) is 5.04. The molecule has 0 saturated carbocycles. The molecule has 140 valence electrons. The van der Waals surface area contributed by atoms with Gasteiger partial charge in [0.2, 0.25) is 0 Å². The highest BCUT2D eigenvalue weighted by molar-refractivity contribution is 6.30. The molecule has 2 aromatic heterocycles. The van der Waals surface area contributed by atoms with Crippen LogP contribution in [0.3, 0.4) is 0 Å². The molecule has 0 radical (unpaired) electrons. The lowest BCUT2D eigenvalue weighted by Crippen LogP contribution is -2.26. The molecule has 0 N–H and O–H groups in total. The van der Waals surface area contributed by atoms with Gasteiger partial charge in [0, 0.05) is 11.6 Å². The molecule has 0 aliphatic heterocycles. The van der Waals surface area contributed by atoms with Gasteiger partial charge in [-0.3, -0.25) is 9.36 Å². The zero-order valence-electron chi connectivity index (χ0n) is 15.2. The minimum absolute atomic E-state index is 0.133. The van der Waals surface area contributed by atoms with Crippen molar-refractivity contribution in [2.75, 3.05) is 0 Å². The monoisotopic (exact) mass is 392 g/mol. The molecule has 4 rings (SSSR count). The Balaban J connectivity index is 1.72. The van der Waals surface area contributed by atoms with Crippen molar-refractivity contribution in [2.45, 2.75) is 19.9 Å². The molecular weight excluding hydrogens is 376 g/mol. The van der Waals surface area contributed by atoms with Crippen molar-refractivity contribution in [3.05, 3.63) is 87.4 Å². The number of halogens is 1. The molecule has 6 nitrogen and oxygen atoms in total.